The van der Waals surface area contributed by atoms with Gasteiger partial charge in [0.05, 0.1) is 12.7 Å². The summed E-state index contributed by atoms with van der Waals surface area (Å²) in [5.74, 6) is 0. The molecule has 0 aliphatic heterocycles. The van der Waals surface area contributed by atoms with Crippen molar-refractivity contribution in [1.82, 2.24) is 0 Å². The second-order valence-corrected chi connectivity index (χ2v) is 4.79. The Hall–Kier alpha value is -1.08. The molecule has 1 rings (SSSR count). The van der Waals surface area contributed by atoms with Crippen LogP contribution in [0.1, 0.15) is 51.0 Å². The molecular weight excluding hydrogens is 220 g/mol. The molecule has 100 valence electrons. The quantitative estimate of drug-likeness (QED) is 0.411. The zero-order valence-electron chi connectivity index (χ0n) is 11.6. The van der Waals surface area contributed by atoms with Crippen molar-refractivity contribution in [2.75, 3.05) is 0 Å². The Morgan fingerprint density at radius 1 is 1.17 bits per heavy atom. The maximum absolute atomic E-state index is 5.98. The molecule has 0 bridgehead atoms. The molecule has 0 aromatic heterocycles. The van der Waals surface area contributed by atoms with E-state index in [0.717, 1.165) is 12.8 Å². The average molecular weight is 246 g/mol. The van der Waals surface area contributed by atoms with Crippen LogP contribution < -0.4 is 0 Å². The van der Waals surface area contributed by atoms with E-state index in [0.29, 0.717) is 12.7 Å². The first kappa shape index (κ1) is 15.0. The van der Waals surface area contributed by atoms with Gasteiger partial charge in [-0.15, -0.1) is 6.58 Å². The first-order chi connectivity index (χ1) is 8.86. The van der Waals surface area contributed by atoms with Gasteiger partial charge in [0, 0.05) is 0 Å². The van der Waals surface area contributed by atoms with E-state index < -0.39 is 0 Å². The van der Waals surface area contributed by atoms with Crippen molar-refractivity contribution in [3.63, 3.8) is 0 Å². The minimum Gasteiger partial charge on any atom is -0.373 e. The monoisotopic (exact) mass is 246 g/mol. The van der Waals surface area contributed by atoms with Gasteiger partial charge >= 0.3 is 0 Å². The molecule has 1 nitrogen and oxygen atoms in total. The summed E-state index contributed by atoms with van der Waals surface area (Å²) in [7, 11) is 0. The second kappa shape index (κ2) is 9.90. The summed E-state index contributed by atoms with van der Waals surface area (Å²) in [5.41, 5.74) is 1.25. The molecule has 1 heteroatoms. The highest BCUT2D eigenvalue weighted by Crippen LogP contribution is 2.14. The van der Waals surface area contributed by atoms with Crippen LogP contribution in [-0.2, 0) is 11.3 Å². The Labute approximate surface area is 112 Å². The Morgan fingerprint density at radius 3 is 2.61 bits per heavy atom. The Kier molecular flexibility index (Phi) is 8.24. The number of benzene rings is 1. The zero-order chi connectivity index (χ0) is 13.1. The van der Waals surface area contributed by atoms with Crippen molar-refractivity contribution in [3.8, 4) is 0 Å². The molecule has 0 N–H and O–H groups in total. The van der Waals surface area contributed by atoms with Crippen LogP contribution in [0, 0.1) is 0 Å². The van der Waals surface area contributed by atoms with Gasteiger partial charge in [-0.3, -0.25) is 0 Å². The maximum atomic E-state index is 5.98. The van der Waals surface area contributed by atoms with Crippen LogP contribution in [0.3, 0.4) is 0 Å². The van der Waals surface area contributed by atoms with Crippen LogP contribution in [0.4, 0.5) is 0 Å². The molecule has 0 aliphatic rings. The summed E-state index contributed by atoms with van der Waals surface area (Å²) in [4.78, 5) is 0. The van der Waals surface area contributed by atoms with Gasteiger partial charge in [-0.05, 0) is 18.4 Å². The molecule has 1 aromatic rings. The summed E-state index contributed by atoms with van der Waals surface area (Å²) in [6.45, 7) is 6.78. The highest BCUT2D eigenvalue weighted by Gasteiger charge is 2.07. The van der Waals surface area contributed by atoms with Crippen molar-refractivity contribution in [2.45, 2.75) is 58.2 Å². The van der Waals surface area contributed by atoms with Crippen molar-refractivity contribution in [3.05, 3.63) is 48.6 Å². The Bertz CT molecular complexity index is 305. The van der Waals surface area contributed by atoms with E-state index in [4.69, 9.17) is 4.74 Å². The maximum Gasteiger partial charge on any atom is 0.0720 e. The molecule has 1 aromatic carbocycles. The Balaban J connectivity index is 2.26. The summed E-state index contributed by atoms with van der Waals surface area (Å²) in [6, 6.07) is 10.4. The fourth-order valence-corrected chi connectivity index (χ4v) is 2.04. The van der Waals surface area contributed by atoms with Crippen LogP contribution in [0.25, 0.3) is 0 Å². The molecule has 18 heavy (non-hydrogen) atoms. The SMILES string of the molecule is C=CCC(CCCCCC)OCc1ccccc1. The molecule has 0 spiro atoms. The predicted octanol–water partition coefficient (Wildman–Crippen LogP) is 5.12. The van der Waals surface area contributed by atoms with E-state index in [9.17, 15) is 0 Å². The lowest BCUT2D eigenvalue weighted by Crippen LogP contribution is -2.12. The van der Waals surface area contributed by atoms with E-state index in [-0.39, 0.29) is 0 Å². The van der Waals surface area contributed by atoms with E-state index in [1.807, 2.05) is 12.1 Å². The van der Waals surface area contributed by atoms with Gasteiger partial charge < -0.3 is 4.74 Å². The number of hydrogen-bond donors (Lipinski definition) is 0. The van der Waals surface area contributed by atoms with Gasteiger partial charge in [0.1, 0.15) is 0 Å². The van der Waals surface area contributed by atoms with Crippen molar-refractivity contribution in [1.29, 1.82) is 0 Å². The Morgan fingerprint density at radius 2 is 1.94 bits per heavy atom. The highest BCUT2D eigenvalue weighted by atomic mass is 16.5. The van der Waals surface area contributed by atoms with Crippen molar-refractivity contribution < 1.29 is 4.74 Å². The summed E-state index contributed by atoms with van der Waals surface area (Å²) < 4.78 is 5.98. The lowest BCUT2D eigenvalue weighted by Gasteiger charge is -2.16. The second-order valence-electron chi connectivity index (χ2n) is 4.79. The van der Waals surface area contributed by atoms with Gasteiger partial charge in [0.25, 0.3) is 0 Å². The van der Waals surface area contributed by atoms with Crippen molar-refractivity contribution >= 4 is 0 Å². The van der Waals surface area contributed by atoms with Gasteiger partial charge in [-0.25, -0.2) is 0 Å². The van der Waals surface area contributed by atoms with Gasteiger partial charge in [0.2, 0.25) is 0 Å². The minimum atomic E-state index is 0.333. The topological polar surface area (TPSA) is 9.23 Å². The van der Waals surface area contributed by atoms with Gasteiger partial charge in [0.15, 0.2) is 0 Å². The lowest BCUT2D eigenvalue weighted by molar-refractivity contribution is 0.0354. The number of unbranched alkanes of at least 4 members (excludes halogenated alkanes) is 3. The third-order valence-corrected chi connectivity index (χ3v) is 3.14. The standard InChI is InChI=1S/C17H26O/c1-3-5-6-10-14-17(11-4-2)18-15-16-12-8-7-9-13-16/h4,7-9,12-13,17H,2-3,5-6,10-11,14-15H2,1H3. The van der Waals surface area contributed by atoms with E-state index in [1.165, 1.54) is 31.2 Å². The summed E-state index contributed by atoms with van der Waals surface area (Å²) in [6.07, 6.45) is 9.61. The van der Waals surface area contributed by atoms with Gasteiger partial charge in [-0.1, -0.05) is 69.0 Å². The van der Waals surface area contributed by atoms with E-state index in [1.54, 1.807) is 0 Å². The zero-order valence-corrected chi connectivity index (χ0v) is 11.6. The fourth-order valence-electron chi connectivity index (χ4n) is 2.04. The molecule has 0 aliphatic carbocycles. The molecule has 0 saturated heterocycles. The smallest absolute Gasteiger partial charge is 0.0720 e. The molecule has 0 heterocycles. The van der Waals surface area contributed by atoms with Crippen LogP contribution >= 0.6 is 0 Å². The summed E-state index contributed by atoms with van der Waals surface area (Å²) >= 11 is 0. The fraction of sp³-hybridized carbons (Fsp3) is 0.529. The number of hydrogen-bond acceptors (Lipinski definition) is 1. The normalized spacial score (nSPS) is 12.3. The average Bonchev–Trinajstić information content (AvgIpc) is 2.42. The van der Waals surface area contributed by atoms with E-state index >= 15 is 0 Å². The van der Waals surface area contributed by atoms with E-state index in [2.05, 4.69) is 37.8 Å². The third-order valence-electron chi connectivity index (χ3n) is 3.14. The van der Waals surface area contributed by atoms with Crippen molar-refractivity contribution in [2.24, 2.45) is 0 Å². The number of rotatable bonds is 10. The molecule has 1 unspecified atom stereocenters. The van der Waals surface area contributed by atoms with Crippen LogP contribution in [0.5, 0.6) is 0 Å². The number of ether oxygens (including phenoxy) is 1. The van der Waals surface area contributed by atoms with Crippen LogP contribution in [-0.4, -0.2) is 6.10 Å². The molecule has 0 saturated carbocycles. The molecule has 1 atom stereocenters. The first-order valence-corrected chi connectivity index (χ1v) is 7.13. The minimum absolute atomic E-state index is 0.333. The molecular formula is C17H26O. The van der Waals surface area contributed by atoms with Crippen LogP contribution in [0.2, 0.25) is 0 Å². The molecule has 0 amide bonds. The molecule has 0 radical (unpaired) electrons. The largest absolute Gasteiger partial charge is 0.373 e. The highest BCUT2D eigenvalue weighted by molar-refractivity contribution is 5.13. The third kappa shape index (κ3) is 6.61. The van der Waals surface area contributed by atoms with Crippen LogP contribution in [0.15, 0.2) is 43.0 Å². The van der Waals surface area contributed by atoms with Gasteiger partial charge in [-0.2, -0.15) is 0 Å². The predicted molar refractivity (Wildman–Crippen MR) is 78.6 cm³/mol. The lowest BCUT2D eigenvalue weighted by atomic mass is 10.1. The molecule has 0 fully saturated rings. The summed E-state index contributed by atoms with van der Waals surface area (Å²) in [5, 5.41) is 0. The first-order valence-electron chi connectivity index (χ1n) is 7.13.